The molecule has 33 heavy (non-hydrogen) atoms. The number of hydrogen-bond donors (Lipinski definition) is 5. The highest BCUT2D eigenvalue weighted by Crippen LogP contribution is 2.41. The van der Waals surface area contributed by atoms with Gasteiger partial charge in [-0.1, -0.05) is 42.1 Å². The number of rotatable bonds is 8. The van der Waals surface area contributed by atoms with Crippen LogP contribution in [0.25, 0.3) is 0 Å². The Morgan fingerprint density at radius 2 is 1.97 bits per heavy atom. The number of amides is 2. The van der Waals surface area contributed by atoms with Gasteiger partial charge >= 0.3 is 11.9 Å². The molecule has 2 aromatic rings. The monoisotopic (exact) mass is 490 g/mol. The van der Waals surface area contributed by atoms with E-state index in [1.54, 1.807) is 30.3 Å². The van der Waals surface area contributed by atoms with E-state index in [2.05, 4.69) is 20.7 Å². The molecule has 2 aliphatic heterocycles. The second-order valence-electron chi connectivity index (χ2n) is 7.11. The van der Waals surface area contributed by atoms with Crippen molar-refractivity contribution in [3.8, 4) is 0 Å². The topological polar surface area (TPSA) is 192 Å². The van der Waals surface area contributed by atoms with Gasteiger partial charge < -0.3 is 21.3 Å². The molecule has 3 heterocycles. The lowest BCUT2D eigenvalue weighted by molar-refractivity contribution is -0.150. The molecule has 1 unspecified atom stereocenters. The van der Waals surface area contributed by atoms with Crippen LogP contribution in [0.3, 0.4) is 0 Å². The van der Waals surface area contributed by atoms with Gasteiger partial charge in [0.1, 0.15) is 23.2 Å². The molecule has 172 valence electrons. The molecule has 6 N–H and O–H groups in total. The number of fused-ring (bicyclic) bond motifs is 1. The third-order valence-electron chi connectivity index (χ3n) is 5.09. The molecule has 0 spiro atoms. The van der Waals surface area contributed by atoms with Gasteiger partial charge in [0, 0.05) is 11.5 Å². The Hall–Kier alpha value is -3.36. The van der Waals surface area contributed by atoms with E-state index in [4.69, 9.17) is 10.8 Å². The van der Waals surface area contributed by atoms with Crippen LogP contribution in [0.15, 0.2) is 46.6 Å². The standard InChI is InChI=1S/C19H18N6O6S2/c20-10(8-4-2-1-3-5-8)14(26)21-12-16(27)25-13(19(30)31)9(7-33-17(12)25)6-32-15-11(18(28)29)22-24-23-15/h1-5,10,12,17H,6-7,20H2,(H,21,26)(H,28,29)(H,30,31)(H,22,23,24)/t10-,12?,17-/m1/s1. The summed E-state index contributed by atoms with van der Waals surface area (Å²) in [6, 6.07) is 6.84. The molecule has 2 amide bonds. The summed E-state index contributed by atoms with van der Waals surface area (Å²) >= 11 is 2.31. The highest BCUT2D eigenvalue weighted by molar-refractivity contribution is 8.01. The van der Waals surface area contributed by atoms with E-state index in [1.165, 1.54) is 11.8 Å². The summed E-state index contributed by atoms with van der Waals surface area (Å²) in [6.07, 6.45) is 0. The molecule has 1 aromatic carbocycles. The summed E-state index contributed by atoms with van der Waals surface area (Å²) < 4.78 is 0. The van der Waals surface area contributed by atoms with Crippen LogP contribution >= 0.6 is 23.5 Å². The van der Waals surface area contributed by atoms with Crippen molar-refractivity contribution in [3.63, 3.8) is 0 Å². The zero-order valence-electron chi connectivity index (χ0n) is 16.8. The number of carbonyl (C=O) groups excluding carboxylic acids is 2. The molecule has 14 heteroatoms. The van der Waals surface area contributed by atoms with E-state index in [0.29, 0.717) is 11.1 Å². The number of nitrogens with zero attached hydrogens (tertiary/aromatic N) is 3. The lowest BCUT2D eigenvalue weighted by Gasteiger charge is -2.49. The van der Waals surface area contributed by atoms with Crippen LogP contribution in [0.1, 0.15) is 22.1 Å². The number of aromatic amines is 1. The first-order valence-electron chi connectivity index (χ1n) is 9.57. The fourth-order valence-electron chi connectivity index (χ4n) is 3.47. The van der Waals surface area contributed by atoms with Crippen LogP contribution in [0.5, 0.6) is 0 Å². The number of thioether (sulfide) groups is 2. The van der Waals surface area contributed by atoms with E-state index in [-0.39, 0.29) is 27.9 Å². The maximum Gasteiger partial charge on any atom is 0.359 e. The molecule has 0 bridgehead atoms. The SMILES string of the molecule is N[C@@H](C(=O)NC1C(=O)N2C(C(=O)O)=C(CSc3n[nH]nc3C(=O)O)CS[C@H]12)c1ccccc1. The molecule has 0 radical (unpaired) electrons. The Balaban J connectivity index is 1.47. The Bertz CT molecular complexity index is 1150. The van der Waals surface area contributed by atoms with Crippen molar-refractivity contribution in [1.29, 1.82) is 0 Å². The van der Waals surface area contributed by atoms with Gasteiger partial charge in [0.2, 0.25) is 11.6 Å². The summed E-state index contributed by atoms with van der Waals surface area (Å²) in [5.41, 5.74) is 6.58. The van der Waals surface area contributed by atoms with Crippen LogP contribution in [0, 0.1) is 0 Å². The van der Waals surface area contributed by atoms with Crippen LogP contribution in [-0.2, 0) is 14.4 Å². The minimum absolute atomic E-state index is 0.105. The summed E-state index contributed by atoms with van der Waals surface area (Å²) in [5, 5.41) is 30.6. The van der Waals surface area contributed by atoms with Crippen molar-refractivity contribution in [3.05, 3.63) is 52.9 Å². The minimum Gasteiger partial charge on any atom is -0.477 e. The number of H-pyrrole nitrogens is 1. The summed E-state index contributed by atoms with van der Waals surface area (Å²) in [4.78, 5) is 49.6. The molecule has 1 saturated heterocycles. The first-order chi connectivity index (χ1) is 15.8. The van der Waals surface area contributed by atoms with Gasteiger partial charge in [-0.2, -0.15) is 5.21 Å². The highest BCUT2D eigenvalue weighted by atomic mass is 32.2. The van der Waals surface area contributed by atoms with Crippen molar-refractivity contribution in [2.45, 2.75) is 22.5 Å². The Labute approximate surface area is 195 Å². The second-order valence-corrected chi connectivity index (χ2v) is 9.18. The number of carboxylic acids is 2. The highest BCUT2D eigenvalue weighted by Gasteiger charge is 2.54. The van der Waals surface area contributed by atoms with Crippen molar-refractivity contribution < 1.29 is 29.4 Å². The predicted octanol–water partition coefficient (Wildman–Crippen LogP) is 0.0336. The molecule has 12 nitrogen and oxygen atoms in total. The molecule has 0 aliphatic carbocycles. The molecular formula is C19H18N6O6S2. The van der Waals surface area contributed by atoms with E-state index in [0.717, 1.165) is 16.7 Å². The van der Waals surface area contributed by atoms with E-state index >= 15 is 0 Å². The van der Waals surface area contributed by atoms with E-state index < -0.39 is 41.2 Å². The van der Waals surface area contributed by atoms with Gasteiger partial charge in [0.05, 0.1) is 0 Å². The molecule has 1 aromatic heterocycles. The van der Waals surface area contributed by atoms with Gasteiger partial charge in [-0.3, -0.25) is 14.5 Å². The number of aliphatic carboxylic acids is 1. The number of nitrogens with two attached hydrogens (primary N) is 1. The molecule has 4 rings (SSSR count). The van der Waals surface area contributed by atoms with Gasteiger partial charge in [-0.25, -0.2) is 9.59 Å². The normalized spacial score (nSPS) is 20.6. The van der Waals surface area contributed by atoms with Crippen molar-refractivity contribution in [1.82, 2.24) is 25.6 Å². The van der Waals surface area contributed by atoms with Gasteiger partial charge in [-0.05, 0) is 11.1 Å². The average Bonchev–Trinajstić information content (AvgIpc) is 3.29. The lowest BCUT2D eigenvalue weighted by atomic mass is 10.0. The van der Waals surface area contributed by atoms with Crippen molar-refractivity contribution in [2.24, 2.45) is 5.73 Å². The smallest absolute Gasteiger partial charge is 0.359 e. The first kappa shape index (κ1) is 22.8. The second kappa shape index (κ2) is 9.25. The zero-order chi connectivity index (χ0) is 23.7. The molecule has 2 aliphatic rings. The molecule has 1 fully saturated rings. The Morgan fingerprint density at radius 3 is 2.64 bits per heavy atom. The summed E-state index contributed by atoms with van der Waals surface area (Å²) in [6.45, 7) is 0. The fraction of sp³-hybridized carbons (Fsp3) is 0.263. The number of aromatic carboxylic acids is 1. The molecule has 3 atom stereocenters. The maximum absolute atomic E-state index is 12.8. The van der Waals surface area contributed by atoms with Gasteiger partial charge in [0.25, 0.3) is 5.91 Å². The number of benzene rings is 1. The summed E-state index contributed by atoms with van der Waals surface area (Å²) in [7, 11) is 0. The first-order valence-corrected chi connectivity index (χ1v) is 11.6. The summed E-state index contributed by atoms with van der Waals surface area (Å²) in [5.74, 6) is -3.24. The van der Waals surface area contributed by atoms with Gasteiger partial charge in [0.15, 0.2) is 5.03 Å². The Kier molecular flexibility index (Phi) is 6.40. The van der Waals surface area contributed by atoms with Crippen molar-refractivity contribution in [2.75, 3.05) is 11.5 Å². The van der Waals surface area contributed by atoms with Crippen LogP contribution < -0.4 is 11.1 Å². The number of β-lactam (4-membered cyclic amide) rings is 1. The van der Waals surface area contributed by atoms with Crippen LogP contribution in [0.4, 0.5) is 0 Å². The Morgan fingerprint density at radius 1 is 1.24 bits per heavy atom. The maximum atomic E-state index is 12.8. The lowest BCUT2D eigenvalue weighted by Crippen LogP contribution is -2.71. The largest absolute Gasteiger partial charge is 0.477 e. The quantitative estimate of drug-likeness (QED) is 0.248. The number of carboxylic acid groups (broad SMARTS) is 2. The number of nitrogens with one attached hydrogen (secondary N) is 2. The number of hydrogen-bond acceptors (Lipinski definition) is 9. The number of aromatic nitrogens is 3. The zero-order valence-corrected chi connectivity index (χ0v) is 18.4. The molecular weight excluding hydrogens is 472 g/mol. The third kappa shape index (κ3) is 4.31. The predicted molar refractivity (Wildman–Crippen MR) is 117 cm³/mol. The minimum atomic E-state index is -1.28. The molecule has 0 saturated carbocycles. The fourth-order valence-corrected chi connectivity index (χ4v) is 5.87. The van der Waals surface area contributed by atoms with E-state index in [9.17, 15) is 24.3 Å². The van der Waals surface area contributed by atoms with Crippen LogP contribution in [-0.4, -0.2) is 77.2 Å². The van der Waals surface area contributed by atoms with Gasteiger partial charge in [-0.15, -0.1) is 22.0 Å². The average molecular weight is 491 g/mol. The number of carbonyl (C=O) groups is 4. The van der Waals surface area contributed by atoms with Crippen LogP contribution in [0.2, 0.25) is 0 Å². The third-order valence-corrected chi connectivity index (χ3v) is 7.48. The van der Waals surface area contributed by atoms with E-state index in [1.807, 2.05) is 0 Å². The van der Waals surface area contributed by atoms with Crippen molar-refractivity contribution >= 4 is 47.3 Å².